The second kappa shape index (κ2) is 5.68. The molecule has 0 unspecified atom stereocenters. The van der Waals surface area contributed by atoms with Crippen LogP contribution >= 0.6 is 0 Å². The first-order chi connectivity index (χ1) is 9.81. The molecule has 0 aromatic carbocycles. The van der Waals surface area contributed by atoms with Crippen molar-refractivity contribution >= 4 is 15.7 Å². The molecule has 0 saturated carbocycles. The molecule has 0 N–H and O–H groups in total. The number of nitrogens with zero attached hydrogens (tertiary/aromatic N) is 3. The highest BCUT2D eigenvalue weighted by Crippen LogP contribution is 2.27. The Morgan fingerprint density at radius 2 is 1.71 bits per heavy atom. The summed E-state index contributed by atoms with van der Waals surface area (Å²) in [7, 11) is -4.36. The van der Waals surface area contributed by atoms with Crippen molar-refractivity contribution in [1.82, 2.24) is 9.97 Å². The van der Waals surface area contributed by atoms with Crippen molar-refractivity contribution in [3.8, 4) is 0 Å². The van der Waals surface area contributed by atoms with E-state index in [0.29, 0.717) is 0 Å². The zero-order valence-electron chi connectivity index (χ0n) is 10.5. The summed E-state index contributed by atoms with van der Waals surface area (Å²) in [6.45, 7) is -1.63. The van der Waals surface area contributed by atoms with Gasteiger partial charge >= 0.3 is 6.18 Å². The average molecular weight is 317 g/mol. The van der Waals surface area contributed by atoms with Gasteiger partial charge in [0.15, 0.2) is 0 Å². The summed E-state index contributed by atoms with van der Waals surface area (Å²) in [4.78, 5) is 6.97. The third-order valence-electron chi connectivity index (χ3n) is 2.50. The van der Waals surface area contributed by atoms with Crippen molar-refractivity contribution in [3.63, 3.8) is 0 Å². The van der Waals surface area contributed by atoms with Crippen molar-refractivity contribution in [2.75, 3.05) is 10.8 Å². The van der Waals surface area contributed by atoms with E-state index in [4.69, 9.17) is 0 Å². The van der Waals surface area contributed by atoms with Crippen molar-refractivity contribution in [1.29, 1.82) is 0 Å². The first kappa shape index (κ1) is 15.2. The fraction of sp³-hybridized carbons (Fsp3) is 0.167. The molecule has 112 valence electrons. The lowest BCUT2D eigenvalue weighted by Crippen LogP contribution is -2.39. The molecule has 2 rings (SSSR count). The highest BCUT2D eigenvalue weighted by Gasteiger charge is 2.37. The molecule has 2 heterocycles. The van der Waals surface area contributed by atoms with Gasteiger partial charge in [-0.25, -0.2) is 8.42 Å². The summed E-state index contributed by atoms with van der Waals surface area (Å²) in [6.07, 6.45) is 0.0902. The minimum atomic E-state index is -4.68. The van der Waals surface area contributed by atoms with Crippen LogP contribution < -0.4 is 4.31 Å². The summed E-state index contributed by atoms with van der Waals surface area (Å²) in [5.74, 6) is 0. The lowest BCUT2D eigenvalue weighted by molar-refractivity contribution is -0.117. The molecule has 0 radical (unpaired) electrons. The summed E-state index contributed by atoms with van der Waals surface area (Å²) in [5, 5.41) is 0. The second-order valence-corrected chi connectivity index (χ2v) is 5.88. The van der Waals surface area contributed by atoms with E-state index in [1.165, 1.54) is 42.9 Å². The van der Waals surface area contributed by atoms with E-state index in [9.17, 15) is 21.6 Å². The maximum Gasteiger partial charge on any atom is 0.407 e. The average Bonchev–Trinajstić information content (AvgIpc) is 2.46. The van der Waals surface area contributed by atoms with E-state index in [1.807, 2.05) is 0 Å². The number of rotatable bonds is 4. The molecule has 2 aromatic rings. The van der Waals surface area contributed by atoms with Crippen LogP contribution in [0, 0.1) is 0 Å². The summed E-state index contributed by atoms with van der Waals surface area (Å²) in [5.41, 5.74) is -0.119. The van der Waals surface area contributed by atoms with Crippen molar-refractivity contribution in [2.24, 2.45) is 0 Å². The molecule has 0 spiro atoms. The molecule has 0 aliphatic rings. The summed E-state index contributed by atoms with van der Waals surface area (Å²) < 4.78 is 63.1. The number of sulfonamides is 1. The Kier molecular flexibility index (Phi) is 4.12. The van der Waals surface area contributed by atoms with Crippen LogP contribution in [0.15, 0.2) is 53.9 Å². The van der Waals surface area contributed by atoms with Crippen LogP contribution in [-0.2, 0) is 10.0 Å². The smallest absolute Gasteiger partial charge is 0.265 e. The van der Waals surface area contributed by atoms with Crippen LogP contribution in [0.2, 0.25) is 0 Å². The molecule has 0 bridgehead atoms. The maximum absolute atomic E-state index is 12.7. The molecule has 5 nitrogen and oxygen atoms in total. The molecule has 0 amide bonds. The molecular formula is C12H10F3N3O2S. The van der Waals surface area contributed by atoms with E-state index >= 15 is 0 Å². The van der Waals surface area contributed by atoms with Crippen molar-refractivity contribution in [3.05, 3.63) is 49.1 Å². The van der Waals surface area contributed by atoms with Crippen molar-refractivity contribution in [2.45, 2.75) is 11.1 Å². The molecule has 0 atom stereocenters. The number of hydrogen-bond acceptors (Lipinski definition) is 4. The third kappa shape index (κ3) is 3.69. The Bertz CT molecular complexity index is 691. The van der Waals surface area contributed by atoms with Gasteiger partial charge in [-0.1, -0.05) is 0 Å². The fourth-order valence-electron chi connectivity index (χ4n) is 1.62. The van der Waals surface area contributed by atoms with Gasteiger partial charge < -0.3 is 0 Å². The Balaban J connectivity index is 2.50. The van der Waals surface area contributed by atoms with Gasteiger partial charge in [-0.05, 0) is 24.3 Å². The lowest BCUT2D eigenvalue weighted by atomic mass is 10.4. The van der Waals surface area contributed by atoms with Gasteiger partial charge in [0, 0.05) is 24.8 Å². The minimum Gasteiger partial charge on any atom is -0.265 e. The van der Waals surface area contributed by atoms with Gasteiger partial charge in [0.05, 0.1) is 5.69 Å². The van der Waals surface area contributed by atoms with E-state index < -0.39 is 22.7 Å². The monoisotopic (exact) mass is 317 g/mol. The zero-order chi connectivity index (χ0) is 15.5. The number of halogens is 3. The quantitative estimate of drug-likeness (QED) is 0.867. The predicted octanol–water partition coefficient (Wildman–Crippen LogP) is 2.23. The molecule has 21 heavy (non-hydrogen) atoms. The van der Waals surface area contributed by atoms with Gasteiger partial charge in [0.2, 0.25) is 0 Å². The number of hydrogen-bond donors (Lipinski definition) is 0. The largest absolute Gasteiger partial charge is 0.407 e. The van der Waals surface area contributed by atoms with Gasteiger partial charge in [0.1, 0.15) is 11.4 Å². The van der Waals surface area contributed by atoms with Crippen LogP contribution in [0.4, 0.5) is 18.9 Å². The number of aromatic nitrogens is 2. The van der Waals surface area contributed by atoms with Gasteiger partial charge in [-0.15, -0.1) is 0 Å². The SMILES string of the molecule is O=S(=O)(c1cccnc1)N(CC(F)(F)F)c1ccncc1. The minimum absolute atomic E-state index is 0.119. The Morgan fingerprint density at radius 3 is 2.24 bits per heavy atom. The van der Waals surface area contributed by atoms with Crippen LogP contribution in [0.1, 0.15) is 0 Å². The standard InChI is InChI=1S/C12H10F3N3O2S/c13-12(14,15)9-18(10-3-6-16-7-4-10)21(19,20)11-2-1-5-17-8-11/h1-8H,9H2. The number of anilines is 1. The first-order valence-electron chi connectivity index (χ1n) is 5.70. The van der Waals surface area contributed by atoms with Crippen LogP contribution in [0.5, 0.6) is 0 Å². The van der Waals surface area contributed by atoms with E-state index in [1.54, 1.807) is 0 Å². The lowest BCUT2D eigenvalue weighted by Gasteiger charge is -2.25. The molecule has 2 aromatic heterocycles. The molecule has 0 aliphatic carbocycles. The Labute approximate surface area is 119 Å². The summed E-state index contributed by atoms with van der Waals surface area (Å²) >= 11 is 0. The summed E-state index contributed by atoms with van der Waals surface area (Å²) in [6, 6.07) is 4.91. The first-order valence-corrected chi connectivity index (χ1v) is 7.14. The van der Waals surface area contributed by atoms with Crippen LogP contribution in [0.3, 0.4) is 0 Å². The van der Waals surface area contributed by atoms with Crippen LogP contribution in [-0.4, -0.2) is 31.1 Å². The fourth-order valence-corrected chi connectivity index (χ4v) is 3.03. The van der Waals surface area contributed by atoms with Gasteiger partial charge in [-0.3, -0.25) is 14.3 Å². The maximum atomic E-state index is 12.7. The highest BCUT2D eigenvalue weighted by atomic mass is 32.2. The molecule has 0 fully saturated rings. The van der Waals surface area contributed by atoms with Gasteiger partial charge in [-0.2, -0.15) is 13.2 Å². The zero-order valence-corrected chi connectivity index (χ0v) is 11.3. The molecule has 0 aliphatic heterocycles. The number of alkyl halides is 3. The predicted molar refractivity (Wildman–Crippen MR) is 69.1 cm³/mol. The van der Waals surface area contributed by atoms with Crippen molar-refractivity contribution < 1.29 is 21.6 Å². The topological polar surface area (TPSA) is 63.2 Å². The second-order valence-electron chi connectivity index (χ2n) is 4.02. The van der Waals surface area contributed by atoms with E-state index in [2.05, 4.69) is 9.97 Å². The third-order valence-corrected chi connectivity index (χ3v) is 4.25. The van der Waals surface area contributed by atoms with E-state index in [-0.39, 0.29) is 14.9 Å². The normalized spacial score (nSPS) is 12.1. The number of pyridine rings is 2. The molecular weight excluding hydrogens is 307 g/mol. The molecule has 0 saturated heterocycles. The Hall–Kier alpha value is -2.16. The van der Waals surface area contributed by atoms with Gasteiger partial charge in [0.25, 0.3) is 10.0 Å². The highest BCUT2D eigenvalue weighted by molar-refractivity contribution is 7.92. The molecule has 9 heteroatoms. The van der Waals surface area contributed by atoms with E-state index in [0.717, 1.165) is 6.20 Å². The Morgan fingerprint density at radius 1 is 1.05 bits per heavy atom. The van der Waals surface area contributed by atoms with Crippen LogP contribution in [0.25, 0.3) is 0 Å².